The highest BCUT2D eigenvalue weighted by atomic mass is 35.5. The molecule has 0 aliphatic carbocycles. The molecule has 0 spiro atoms. The monoisotopic (exact) mass is 338 g/mol. The van der Waals surface area contributed by atoms with Crippen molar-refractivity contribution >= 4 is 29.3 Å². The molecule has 1 unspecified atom stereocenters. The number of nitrogens with one attached hydrogen (secondary N) is 1. The van der Waals surface area contributed by atoms with Gasteiger partial charge in [0, 0.05) is 16.1 Å². The Balaban J connectivity index is 1.84. The van der Waals surface area contributed by atoms with Gasteiger partial charge in [-0.2, -0.15) is 0 Å². The summed E-state index contributed by atoms with van der Waals surface area (Å²) in [6.07, 6.45) is 4.14. The minimum atomic E-state index is -0.559. The first kappa shape index (κ1) is 15.3. The number of fused-ring (bicyclic) bond motifs is 3. The highest BCUT2D eigenvalue weighted by Crippen LogP contribution is 2.52. The van der Waals surface area contributed by atoms with E-state index in [4.69, 9.17) is 11.6 Å². The fourth-order valence-electron chi connectivity index (χ4n) is 3.97. The fraction of sp³-hybridized carbons (Fsp3) is 0.250. The summed E-state index contributed by atoms with van der Waals surface area (Å²) in [4.78, 5) is 14.4. The van der Waals surface area contributed by atoms with Crippen LogP contribution in [0.15, 0.2) is 54.6 Å². The van der Waals surface area contributed by atoms with Crippen LogP contribution in [0.2, 0.25) is 5.02 Å². The van der Waals surface area contributed by atoms with Gasteiger partial charge < -0.3 is 10.2 Å². The third kappa shape index (κ3) is 2.01. The van der Waals surface area contributed by atoms with Crippen LogP contribution in [-0.2, 0) is 10.2 Å². The first-order chi connectivity index (χ1) is 11.4. The Morgan fingerprint density at radius 2 is 1.96 bits per heavy atom. The van der Waals surface area contributed by atoms with Crippen molar-refractivity contribution in [1.82, 2.24) is 5.32 Å². The number of para-hydroxylation sites is 1. The maximum absolute atomic E-state index is 12.2. The average molecular weight is 339 g/mol. The third-order valence-electron chi connectivity index (χ3n) is 5.24. The molecule has 122 valence electrons. The molecule has 0 aromatic heterocycles. The second-order valence-electron chi connectivity index (χ2n) is 6.93. The molecule has 3 nitrogen and oxygen atoms in total. The minimum Gasteiger partial charge on any atom is -0.335 e. The molecule has 0 saturated carbocycles. The molecule has 0 bridgehead atoms. The fourth-order valence-corrected chi connectivity index (χ4v) is 4.17. The topological polar surface area (TPSA) is 32.3 Å². The molecule has 2 aromatic carbocycles. The molecule has 1 atom stereocenters. The minimum absolute atomic E-state index is 0.0494. The largest absolute Gasteiger partial charge is 0.335 e. The van der Waals surface area contributed by atoms with Crippen LogP contribution in [-0.4, -0.2) is 18.1 Å². The van der Waals surface area contributed by atoms with Crippen LogP contribution < -0.4 is 10.2 Å². The van der Waals surface area contributed by atoms with Crippen LogP contribution in [0.1, 0.15) is 25.0 Å². The summed E-state index contributed by atoms with van der Waals surface area (Å²) < 4.78 is 0. The number of hydrogen-bond acceptors (Lipinski definition) is 2. The second-order valence-corrected chi connectivity index (χ2v) is 7.37. The lowest BCUT2D eigenvalue weighted by atomic mass is 9.75. The highest BCUT2D eigenvalue weighted by Gasteiger charge is 2.59. The van der Waals surface area contributed by atoms with E-state index in [1.165, 1.54) is 5.56 Å². The zero-order chi connectivity index (χ0) is 16.9. The number of rotatable bonds is 2. The molecule has 4 heteroatoms. The Morgan fingerprint density at radius 3 is 2.75 bits per heavy atom. The molecule has 1 amide bonds. The zero-order valence-electron chi connectivity index (χ0n) is 13.7. The van der Waals surface area contributed by atoms with Crippen LogP contribution in [0.4, 0.5) is 5.69 Å². The normalized spacial score (nSPS) is 24.1. The second kappa shape index (κ2) is 5.12. The molecule has 24 heavy (non-hydrogen) atoms. The molecule has 2 heterocycles. The summed E-state index contributed by atoms with van der Waals surface area (Å²) >= 11 is 6.09. The predicted molar refractivity (Wildman–Crippen MR) is 98.2 cm³/mol. The van der Waals surface area contributed by atoms with Crippen molar-refractivity contribution < 1.29 is 4.79 Å². The predicted octanol–water partition coefficient (Wildman–Crippen LogP) is 3.98. The number of nitrogens with zero attached hydrogens (tertiary/aromatic N) is 1. The van der Waals surface area contributed by atoms with Crippen LogP contribution in [0, 0.1) is 0 Å². The Hall–Kier alpha value is -2.26. The Labute approximate surface area is 146 Å². The number of halogens is 1. The van der Waals surface area contributed by atoms with Gasteiger partial charge in [-0.15, -0.1) is 0 Å². The molecule has 4 rings (SSSR count). The maximum atomic E-state index is 12.2. The smallest absolute Gasteiger partial charge is 0.241 e. The highest BCUT2D eigenvalue weighted by molar-refractivity contribution is 6.30. The molecule has 1 fully saturated rings. The molecule has 1 saturated heterocycles. The van der Waals surface area contributed by atoms with Crippen molar-refractivity contribution in [3.8, 4) is 0 Å². The molecule has 1 N–H and O–H groups in total. The first-order valence-electron chi connectivity index (χ1n) is 8.07. The van der Waals surface area contributed by atoms with Gasteiger partial charge in [0.25, 0.3) is 0 Å². The van der Waals surface area contributed by atoms with E-state index in [1.54, 1.807) is 0 Å². The van der Waals surface area contributed by atoms with E-state index in [0.717, 1.165) is 11.3 Å². The van der Waals surface area contributed by atoms with Gasteiger partial charge in [-0.1, -0.05) is 61.9 Å². The van der Waals surface area contributed by atoms with Gasteiger partial charge in [0.2, 0.25) is 5.91 Å². The van der Waals surface area contributed by atoms with E-state index in [1.807, 2.05) is 36.4 Å². The Morgan fingerprint density at radius 1 is 1.17 bits per heavy atom. The summed E-state index contributed by atoms with van der Waals surface area (Å²) in [7, 11) is 0. The summed E-state index contributed by atoms with van der Waals surface area (Å²) in [5.74, 6) is 0.0494. The molecule has 0 radical (unpaired) electrons. The van der Waals surface area contributed by atoms with Gasteiger partial charge in [-0.3, -0.25) is 4.79 Å². The first-order valence-corrected chi connectivity index (χ1v) is 8.45. The quantitative estimate of drug-likeness (QED) is 0.898. The van der Waals surface area contributed by atoms with Crippen LogP contribution in [0.5, 0.6) is 0 Å². The maximum Gasteiger partial charge on any atom is 0.241 e. The van der Waals surface area contributed by atoms with Gasteiger partial charge >= 0.3 is 0 Å². The number of anilines is 1. The number of carbonyl (C=O) groups excluding carboxylic acids is 1. The SMILES string of the molecule is CC1(C)c2ccccc2N2CC(=O)NC21/C=C/c1cccc(Cl)c1. The lowest BCUT2D eigenvalue weighted by molar-refractivity contribution is -0.118. The molecule has 2 aliphatic rings. The average Bonchev–Trinajstić information content (AvgIpc) is 2.98. The molecular formula is C20H19ClN2O. The van der Waals surface area contributed by atoms with E-state index in [9.17, 15) is 4.79 Å². The number of hydrogen-bond donors (Lipinski definition) is 1. The number of benzene rings is 2. The lowest BCUT2D eigenvalue weighted by Crippen LogP contribution is -2.58. The summed E-state index contributed by atoms with van der Waals surface area (Å²) in [5.41, 5.74) is 2.59. The van der Waals surface area contributed by atoms with E-state index < -0.39 is 5.66 Å². The van der Waals surface area contributed by atoms with Crippen molar-refractivity contribution in [2.24, 2.45) is 0 Å². The van der Waals surface area contributed by atoms with Crippen molar-refractivity contribution in [3.63, 3.8) is 0 Å². The van der Waals surface area contributed by atoms with Crippen molar-refractivity contribution in [1.29, 1.82) is 0 Å². The van der Waals surface area contributed by atoms with E-state index in [2.05, 4.69) is 48.3 Å². The van der Waals surface area contributed by atoms with Gasteiger partial charge in [0.1, 0.15) is 5.66 Å². The summed E-state index contributed by atoms with van der Waals surface area (Å²) in [6, 6.07) is 16.0. The Bertz CT molecular complexity index is 858. The van der Waals surface area contributed by atoms with E-state index in [-0.39, 0.29) is 11.3 Å². The van der Waals surface area contributed by atoms with E-state index >= 15 is 0 Å². The van der Waals surface area contributed by atoms with Gasteiger partial charge in [0.05, 0.1) is 6.54 Å². The van der Waals surface area contributed by atoms with Crippen LogP contribution in [0.25, 0.3) is 6.08 Å². The standard InChI is InChI=1S/C20H19ClN2O/c1-19(2)16-8-3-4-9-17(16)23-13-18(24)22-20(19,23)11-10-14-6-5-7-15(21)12-14/h3-12H,13H2,1-2H3,(H,22,24)/b11-10+. The lowest BCUT2D eigenvalue weighted by Gasteiger charge is -2.40. The zero-order valence-corrected chi connectivity index (χ0v) is 14.5. The van der Waals surface area contributed by atoms with Crippen LogP contribution >= 0.6 is 11.6 Å². The van der Waals surface area contributed by atoms with Crippen molar-refractivity contribution in [3.05, 3.63) is 70.8 Å². The molecule has 2 aromatic rings. The van der Waals surface area contributed by atoms with E-state index in [0.29, 0.717) is 11.6 Å². The summed E-state index contributed by atoms with van der Waals surface area (Å²) in [6.45, 7) is 4.74. The van der Waals surface area contributed by atoms with Crippen molar-refractivity contribution in [2.75, 3.05) is 11.4 Å². The molecular weight excluding hydrogens is 320 g/mol. The van der Waals surface area contributed by atoms with Gasteiger partial charge in [-0.25, -0.2) is 0 Å². The Kier molecular flexibility index (Phi) is 3.26. The van der Waals surface area contributed by atoms with Gasteiger partial charge in [-0.05, 0) is 35.4 Å². The third-order valence-corrected chi connectivity index (χ3v) is 5.48. The molecule has 2 aliphatic heterocycles. The van der Waals surface area contributed by atoms with Crippen LogP contribution in [0.3, 0.4) is 0 Å². The van der Waals surface area contributed by atoms with Crippen molar-refractivity contribution in [2.45, 2.75) is 24.9 Å². The number of carbonyl (C=O) groups is 1. The summed E-state index contributed by atoms with van der Waals surface area (Å²) in [5, 5.41) is 3.92. The van der Waals surface area contributed by atoms with Gasteiger partial charge in [0.15, 0.2) is 0 Å². The number of amides is 1.